The van der Waals surface area contributed by atoms with Gasteiger partial charge in [-0.2, -0.15) is 0 Å². The third-order valence-electron chi connectivity index (χ3n) is 7.59. The van der Waals surface area contributed by atoms with Gasteiger partial charge in [0.15, 0.2) is 0 Å². The van der Waals surface area contributed by atoms with E-state index in [9.17, 15) is 9.59 Å². The molecule has 2 amide bonds. The number of carbonyl (C=O) groups is 2. The van der Waals surface area contributed by atoms with Crippen molar-refractivity contribution in [3.63, 3.8) is 0 Å². The zero-order valence-electron chi connectivity index (χ0n) is 23.9. The van der Waals surface area contributed by atoms with Crippen LogP contribution in [0.3, 0.4) is 0 Å². The second kappa shape index (κ2) is 11.4. The molecule has 6 rings (SSSR count). The topological polar surface area (TPSA) is 65.0 Å². The summed E-state index contributed by atoms with van der Waals surface area (Å²) in [6.45, 7) is 0.831. The minimum Gasteiger partial charge on any atom is -0.325 e. The zero-order chi connectivity index (χ0) is 29.2. The van der Waals surface area contributed by atoms with Gasteiger partial charge in [-0.3, -0.25) is 14.6 Å². The number of nitrogens with one attached hydrogen (secondary N) is 1. The number of benzene rings is 5. The summed E-state index contributed by atoms with van der Waals surface area (Å²) in [6, 6.07) is 37.2. The molecule has 1 N–H and O–H groups in total. The summed E-state index contributed by atoms with van der Waals surface area (Å²) in [5, 5.41) is 5.08. The van der Waals surface area contributed by atoms with E-state index in [0.29, 0.717) is 17.0 Å². The van der Waals surface area contributed by atoms with Crippen LogP contribution in [0, 0.1) is 0 Å². The predicted molar refractivity (Wildman–Crippen MR) is 171 cm³/mol. The van der Waals surface area contributed by atoms with Gasteiger partial charge in [-0.15, -0.1) is 0 Å². The molecule has 5 aromatic rings. The molecule has 5 aromatic carbocycles. The summed E-state index contributed by atoms with van der Waals surface area (Å²) in [5.74, 6) is -0.981. The van der Waals surface area contributed by atoms with Crippen LogP contribution in [0.5, 0.6) is 0 Å². The molecule has 1 atom stereocenters. The van der Waals surface area contributed by atoms with Crippen molar-refractivity contribution in [3.05, 3.63) is 138 Å². The fraction of sp³-hybridized carbons (Fsp3) is 0.139. The van der Waals surface area contributed by atoms with Crippen molar-refractivity contribution in [3.8, 4) is 0 Å². The molecule has 1 unspecified atom stereocenters. The second-order valence-corrected chi connectivity index (χ2v) is 10.9. The normalized spacial score (nSPS) is 14.6. The molecule has 6 heteroatoms. The third-order valence-corrected chi connectivity index (χ3v) is 7.59. The van der Waals surface area contributed by atoms with E-state index in [1.165, 1.54) is 5.56 Å². The van der Waals surface area contributed by atoms with E-state index in [0.717, 1.165) is 39.8 Å². The van der Waals surface area contributed by atoms with Crippen molar-refractivity contribution in [1.82, 2.24) is 4.90 Å². The lowest BCUT2D eigenvalue weighted by Gasteiger charge is -2.20. The number of aliphatic imine (C=N–C) groups is 1. The summed E-state index contributed by atoms with van der Waals surface area (Å²) in [4.78, 5) is 36.1. The fourth-order valence-electron chi connectivity index (χ4n) is 5.55. The minimum atomic E-state index is -0.667. The molecule has 6 nitrogen and oxygen atoms in total. The lowest BCUT2D eigenvalue weighted by molar-refractivity contribution is -0.115. The molecule has 208 valence electrons. The molecule has 0 spiro atoms. The van der Waals surface area contributed by atoms with Gasteiger partial charge in [0.25, 0.3) is 5.91 Å². The van der Waals surface area contributed by atoms with Gasteiger partial charge in [-0.1, -0.05) is 78.9 Å². The Balaban J connectivity index is 1.39. The van der Waals surface area contributed by atoms with Crippen LogP contribution in [0.1, 0.15) is 33.0 Å². The molecule has 0 radical (unpaired) electrons. The number of fused-ring (bicyclic) bond motifs is 2. The highest BCUT2D eigenvalue weighted by Crippen LogP contribution is 2.37. The highest BCUT2D eigenvalue weighted by Gasteiger charge is 2.36. The molecule has 0 saturated carbocycles. The maximum absolute atomic E-state index is 13.8. The molecule has 1 aliphatic rings. The first-order valence-corrected chi connectivity index (χ1v) is 14.0. The molecule has 0 saturated heterocycles. The molecule has 0 fully saturated rings. The molecule has 42 heavy (non-hydrogen) atoms. The highest BCUT2D eigenvalue weighted by molar-refractivity contribution is 6.24. The molecule has 1 aliphatic heterocycles. The largest absolute Gasteiger partial charge is 0.325 e. The van der Waals surface area contributed by atoms with Gasteiger partial charge in [0.05, 0.1) is 17.1 Å². The summed E-state index contributed by atoms with van der Waals surface area (Å²) in [6.07, 6.45) is 0. The van der Waals surface area contributed by atoms with E-state index >= 15 is 0 Å². The number of anilines is 2. The molecular weight excluding hydrogens is 520 g/mol. The predicted octanol–water partition coefficient (Wildman–Crippen LogP) is 7.03. The van der Waals surface area contributed by atoms with E-state index in [4.69, 9.17) is 4.99 Å². The Labute approximate surface area is 245 Å². The van der Waals surface area contributed by atoms with Crippen LogP contribution in [0.4, 0.5) is 17.1 Å². The molecule has 0 aromatic heterocycles. The summed E-state index contributed by atoms with van der Waals surface area (Å²) >= 11 is 0. The van der Waals surface area contributed by atoms with E-state index in [1.807, 2.05) is 111 Å². The van der Waals surface area contributed by atoms with E-state index < -0.39 is 5.92 Å². The Kier molecular flexibility index (Phi) is 7.38. The third kappa shape index (κ3) is 5.32. The van der Waals surface area contributed by atoms with Gasteiger partial charge >= 0.3 is 0 Å². The zero-order valence-corrected chi connectivity index (χ0v) is 23.9. The Hall–Kier alpha value is -5.07. The van der Waals surface area contributed by atoms with Crippen molar-refractivity contribution in [2.75, 3.05) is 31.4 Å². The van der Waals surface area contributed by atoms with Crippen LogP contribution >= 0.6 is 0 Å². The fourth-order valence-corrected chi connectivity index (χ4v) is 5.55. The average molecular weight is 553 g/mol. The first kappa shape index (κ1) is 27.1. The Morgan fingerprint density at radius 3 is 2.26 bits per heavy atom. The van der Waals surface area contributed by atoms with Crippen molar-refractivity contribution in [2.45, 2.75) is 12.5 Å². The highest BCUT2D eigenvalue weighted by atomic mass is 16.2. The number of carbonyl (C=O) groups excluding carboxylic acids is 2. The SMILES string of the molecule is CN(C)Cc1ccc(N=C(c2ccccc2)C2C(=O)Nc3ccc(C(=O)N(C)c4cccc5ccccc45)cc32)cc1. The first-order chi connectivity index (χ1) is 20.4. The minimum absolute atomic E-state index is 0.151. The maximum Gasteiger partial charge on any atom is 0.258 e. The molecule has 1 heterocycles. The number of rotatable bonds is 7. The maximum atomic E-state index is 13.8. The van der Waals surface area contributed by atoms with Crippen LogP contribution in [0.15, 0.2) is 120 Å². The lowest BCUT2D eigenvalue weighted by atomic mass is 9.89. The number of amides is 2. The van der Waals surface area contributed by atoms with Crippen molar-refractivity contribution in [1.29, 1.82) is 0 Å². The molecule has 0 bridgehead atoms. The number of hydrogen-bond acceptors (Lipinski definition) is 4. The van der Waals surface area contributed by atoms with E-state index in [2.05, 4.69) is 22.3 Å². The van der Waals surface area contributed by atoms with Crippen LogP contribution in [0.2, 0.25) is 0 Å². The van der Waals surface area contributed by atoms with Crippen molar-refractivity contribution < 1.29 is 9.59 Å². The number of nitrogens with zero attached hydrogens (tertiary/aromatic N) is 3. The van der Waals surface area contributed by atoms with Gasteiger partial charge in [-0.25, -0.2) is 0 Å². The molecule has 0 aliphatic carbocycles. The Morgan fingerprint density at radius 1 is 0.786 bits per heavy atom. The van der Waals surface area contributed by atoms with Gasteiger partial charge in [-0.05, 0) is 72.6 Å². The monoisotopic (exact) mass is 552 g/mol. The number of hydrogen-bond donors (Lipinski definition) is 1. The summed E-state index contributed by atoms with van der Waals surface area (Å²) < 4.78 is 0. The molecular formula is C36H32N4O2. The standard InChI is InChI=1S/C36H32N4O2/c1-39(2)23-24-16-19-28(20-17-24)37-34(26-11-5-4-6-12-26)33-30-22-27(18-21-31(30)38-35(33)41)36(42)40(3)32-15-9-13-25-10-7-8-14-29(25)32/h4-22,33H,23H2,1-3H3,(H,38,41). The van der Waals surface area contributed by atoms with Crippen molar-refractivity contribution in [2.24, 2.45) is 4.99 Å². The first-order valence-electron chi connectivity index (χ1n) is 14.0. The van der Waals surface area contributed by atoms with Gasteiger partial charge < -0.3 is 15.1 Å². The summed E-state index contributed by atoms with van der Waals surface area (Å²) in [7, 11) is 5.86. The van der Waals surface area contributed by atoms with Gasteiger partial charge in [0.1, 0.15) is 5.92 Å². The van der Waals surface area contributed by atoms with E-state index in [1.54, 1.807) is 18.0 Å². The Bertz CT molecular complexity index is 1810. The lowest BCUT2D eigenvalue weighted by Crippen LogP contribution is -2.26. The van der Waals surface area contributed by atoms with Gasteiger partial charge in [0, 0.05) is 30.2 Å². The van der Waals surface area contributed by atoms with Crippen molar-refractivity contribution >= 4 is 45.4 Å². The second-order valence-electron chi connectivity index (χ2n) is 10.9. The smallest absolute Gasteiger partial charge is 0.258 e. The van der Waals surface area contributed by atoms with Gasteiger partial charge in [0.2, 0.25) is 5.91 Å². The van der Waals surface area contributed by atoms with E-state index in [-0.39, 0.29) is 11.8 Å². The van der Waals surface area contributed by atoms with Crippen LogP contribution in [-0.4, -0.2) is 43.6 Å². The Morgan fingerprint density at radius 2 is 1.50 bits per heavy atom. The average Bonchev–Trinajstić information content (AvgIpc) is 3.34. The quantitative estimate of drug-likeness (QED) is 0.220. The summed E-state index contributed by atoms with van der Waals surface area (Å²) in [5.41, 5.74) is 6.21. The van der Waals surface area contributed by atoms with Crippen LogP contribution in [0.25, 0.3) is 10.8 Å². The van der Waals surface area contributed by atoms with Crippen LogP contribution in [-0.2, 0) is 11.3 Å². The van der Waals surface area contributed by atoms with Crippen LogP contribution < -0.4 is 10.2 Å².